The summed E-state index contributed by atoms with van der Waals surface area (Å²) in [6.07, 6.45) is 0. The highest BCUT2D eigenvalue weighted by Gasteiger charge is 2.44. The third-order valence-electron chi connectivity index (χ3n) is 5.03. The van der Waals surface area contributed by atoms with E-state index in [4.69, 9.17) is 4.52 Å². The monoisotopic (exact) mass is 387 g/mol. The summed E-state index contributed by atoms with van der Waals surface area (Å²) in [5, 5.41) is 10.7. The summed E-state index contributed by atoms with van der Waals surface area (Å²) in [5.41, 5.74) is 2.07. The lowest BCUT2D eigenvalue weighted by molar-refractivity contribution is 0.345. The molecule has 3 heterocycles. The van der Waals surface area contributed by atoms with Gasteiger partial charge in [-0.15, -0.1) is 0 Å². The summed E-state index contributed by atoms with van der Waals surface area (Å²) in [6.45, 7) is 5.80. The Morgan fingerprint density at radius 3 is 2.41 bits per heavy atom. The summed E-state index contributed by atoms with van der Waals surface area (Å²) in [4.78, 5) is 4.61. The Balaban J connectivity index is 1.74. The van der Waals surface area contributed by atoms with E-state index >= 15 is 0 Å². The van der Waals surface area contributed by atoms with Gasteiger partial charge in [-0.2, -0.15) is 14.4 Å². The van der Waals surface area contributed by atoms with E-state index in [1.165, 1.54) is 4.31 Å². The second kappa shape index (κ2) is 6.58. The van der Waals surface area contributed by atoms with Gasteiger partial charge in [0.2, 0.25) is 15.9 Å². The lowest BCUT2D eigenvalue weighted by Crippen LogP contribution is -2.29. The van der Waals surface area contributed by atoms with Gasteiger partial charge < -0.3 is 4.52 Å². The molecule has 1 aromatic carbocycles. The van der Waals surface area contributed by atoms with Crippen LogP contribution in [0.4, 0.5) is 0 Å². The van der Waals surface area contributed by atoms with Crippen LogP contribution in [-0.2, 0) is 10.0 Å². The molecule has 1 N–H and O–H groups in total. The Bertz CT molecular complexity index is 1040. The number of benzene rings is 1. The Kier molecular flexibility index (Phi) is 4.35. The first-order valence-corrected chi connectivity index (χ1v) is 10.2. The standard InChI is InChI=1S/C18H21N5O3S/c1-11-17(12(2)21-20-11)27(24,25)23-9-15(14-7-5-4-6-8-14)16(10-23)18-19-13(3)22-26-18/h4-8,15-16H,9-10H2,1-3H3,(H,20,21)/t15-,16+/m0/s1. The fourth-order valence-corrected chi connectivity index (χ4v) is 5.59. The van der Waals surface area contributed by atoms with Gasteiger partial charge in [0, 0.05) is 19.0 Å². The molecule has 3 aromatic rings. The van der Waals surface area contributed by atoms with Crippen LogP contribution in [0.1, 0.15) is 40.5 Å². The molecule has 0 saturated carbocycles. The van der Waals surface area contributed by atoms with E-state index in [9.17, 15) is 8.42 Å². The molecule has 4 rings (SSSR count). The smallest absolute Gasteiger partial charge is 0.246 e. The Morgan fingerprint density at radius 1 is 1.11 bits per heavy atom. The van der Waals surface area contributed by atoms with Crippen LogP contribution in [0.25, 0.3) is 0 Å². The van der Waals surface area contributed by atoms with Gasteiger partial charge in [-0.05, 0) is 26.3 Å². The van der Waals surface area contributed by atoms with E-state index in [1.54, 1.807) is 20.8 Å². The van der Waals surface area contributed by atoms with Crippen molar-refractivity contribution in [3.8, 4) is 0 Å². The molecule has 27 heavy (non-hydrogen) atoms. The fourth-order valence-electron chi connectivity index (χ4n) is 3.77. The zero-order valence-corrected chi connectivity index (χ0v) is 16.2. The van der Waals surface area contributed by atoms with Crippen molar-refractivity contribution in [1.82, 2.24) is 24.6 Å². The SMILES string of the molecule is Cc1noc([C@@H]2CN(S(=O)(=O)c3c(C)n[nH]c3C)C[C@H]2c2ccccc2)n1. The van der Waals surface area contributed by atoms with Crippen molar-refractivity contribution in [3.05, 3.63) is 59.0 Å². The maximum Gasteiger partial charge on any atom is 0.246 e. The van der Waals surface area contributed by atoms with E-state index in [-0.39, 0.29) is 23.3 Å². The molecular formula is C18H21N5O3S. The summed E-state index contributed by atoms with van der Waals surface area (Å²) in [7, 11) is -3.68. The van der Waals surface area contributed by atoms with Crippen LogP contribution in [0.15, 0.2) is 39.8 Å². The molecule has 9 heteroatoms. The van der Waals surface area contributed by atoms with Crippen molar-refractivity contribution in [3.63, 3.8) is 0 Å². The minimum Gasteiger partial charge on any atom is -0.339 e. The third-order valence-corrected chi connectivity index (χ3v) is 7.13. The second-order valence-corrected chi connectivity index (χ2v) is 8.76. The molecule has 0 unspecified atom stereocenters. The van der Waals surface area contributed by atoms with Gasteiger partial charge in [0.25, 0.3) is 0 Å². The molecule has 1 fully saturated rings. The van der Waals surface area contributed by atoms with Gasteiger partial charge in [-0.3, -0.25) is 5.10 Å². The molecule has 1 aliphatic heterocycles. The van der Waals surface area contributed by atoms with Gasteiger partial charge in [-0.1, -0.05) is 35.5 Å². The number of nitrogens with zero attached hydrogens (tertiary/aromatic N) is 4. The highest BCUT2D eigenvalue weighted by molar-refractivity contribution is 7.89. The van der Waals surface area contributed by atoms with Gasteiger partial charge in [0.05, 0.1) is 17.3 Å². The number of H-pyrrole nitrogens is 1. The van der Waals surface area contributed by atoms with Gasteiger partial charge >= 0.3 is 0 Å². The fraction of sp³-hybridized carbons (Fsp3) is 0.389. The Morgan fingerprint density at radius 2 is 1.81 bits per heavy atom. The van der Waals surface area contributed by atoms with Crippen molar-refractivity contribution in [2.24, 2.45) is 0 Å². The number of aryl methyl sites for hydroxylation is 3. The predicted octanol–water partition coefficient (Wildman–Crippen LogP) is 2.29. The Hall–Kier alpha value is -2.52. The largest absolute Gasteiger partial charge is 0.339 e. The molecule has 1 saturated heterocycles. The van der Waals surface area contributed by atoms with E-state index in [1.807, 2.05) is 30.3 Å². The van der Waals surface area contributed by atoms with Crippen molar-refractivity contribution in [2.75, 3.05) is 13.1 Å². The van der Waals surface area contributed by atoms with E-state index in [2.05, 4.69) is 20.3 Å². The van der Waals surface area contributed by atoms with Crippen LogP contribution in [0.2, 0.25) is 0 Å². The second-order valence-electron chi connectivity index (χ2n) is 6.89. The van der Waals surface area contributed by atoms with Gasteiger partial charge in [-0.25, -0.2) is 8.42 Å². The number of sulfonamides is 1. The average Bonchev–Trinajstić information content (AvgIpc) is 3.34. The summed E-state index contributed by atoms with van der Waals surface area (Å²) in [5.74, 6) is 0.753. The lowest BCUT2D eigenvalue weighted by atomic mass is 9.89. The third kappa shape index (κ3) is 3.06. The van der Waals surface area contributed by atoms with Crippen molar-refractivity contribution in [1.29, 1.82) is 0 Å². The number of rotatable bonds is 4. The normalized spacial score (nSPS) is 21.0. The molecule has 0 amide bonds. The van der Waals surface area contributed by atoms with Crippen molar-refractivity contribution in [2.45, 2.75) is 37.5 Å². The minimum absolute atomic E-state index is 0.0617. The number of aromatic nitrogens is 4. The predicted molar refractivity (Wildman–Crippen MR) is 97.8 cm³/mol. The van der Waals surface area contributed by atoms with Crippen LogP contribution in [0, 0.1) is 20.8 Å². The average molecular weight is 387 g/mol. The van der Waals surface area contributed by atoms with E-state index in [0.29, 0.717) is 29.6 Å². The maximum absolute atomic E-state index is 13.3. The van der Waals surface area contributed by atoms with Crippen LogP contribution in [0.3, 0.4) is 0 Å². The highest BCUT2D eigenvalue weighted by Crippen LogP contribution is 2.41. The molecule has 0 aliphatic carbocycles. The first-order chi connectivity index (χ1) is 12.9. The molecule has 0 spiro atoms. The molecule has 142 valence electrons. The number of aromatic amines is 1. The number of hydrogen-bond acceptors (Lipinski definition) is 6. The van der Waals surface area contributed by atoms with Gasteiger partial charge in [0.1, 0.15) is 4.90 Å². The van der Waals surface area contributed by atoms with Gasteiger partial charge in [0.15, 0.2) is 5.82 Å². The first kappa shape index (κ1) is 17.9. The topological polar surface area (TPSA) is 105 Å². The van der Waals surface area contributed by atoms with Crippen LogP contribution in [-0.4, -0.2) is 46.2 Å². The zero-order chi connectivity index (χ0) is 19.2. The van der Waals surface area contributed by atoms with E-state index in [0.717, 1.165) is 5.56 Å². The molecule has 0 radical (unpaired) electrons. The number of hydrogen-bond donors (Lipinski definition) is 1. The highest BCUT2D eigenvalue weighted by atomic mass is 32.2. The molecule has 1 aliphatic rings. The van der Waals surface area contributed by atoms with Crippen LogP contribution < -0.4 is 0 Å². The van der Waals surface area contributed by atoms with Crippen LogP contribution >= 0.6 is 0 Å². The zero-order valence-electron chi connectivity index (χ0n) is 15.4. The Labute approximate surface area is 157 Å². The molecular weight excluding hydrogens is 366 g/mol. The van der Waals surface area contributed by atoms with Crippen molar-refractivity contribution < 1.29 is 12.9 Å². The maximum atomic E-state index is 13.3. The molecule has 2 aromatic heterocycles. The quantitative estimate of drug-likeness (QED) is 0.736. The molecule has 2 atom stereocenters. The summed E-state index contributed by atoms with van der Waals surface area (Å²) < 4.78 is 33.5. The molecule has 8 nitrogen and oxygen atoms in total. The van der Waals surface area contributed by atoms with E-state index < -0.39 is 10.0 Å². The molecule has 0 bridgehead atoms. The summed E-state index contributed by atoms with van der Waals surface area (Å²) >= 11 is 0. The number of nitrogens with one attached hydrogen (secondary N) is 1. The summed E-state index contributed by atoms with van der Waals surface area (Å²) in [6, 6.07) is 9.85. The lowest BCUT2D eigenvalue weighted by Gasteiger charge is -2.16. The van der Waals surface area contributed by atoms with Crippen molar-refractivity contribution >= 4 is 10.0 Å². The first-order valence-electron chi connectivity index (χ1n) is 8.75. The minimum atomic E-state index is -3.68. The van der Waals surface area contributed by atoms with Crippen LogP contribution in [0.5, 0.6) is 0 Å².